The van der Waals surface area contributed by atoms with E-state index in [1.54, 1.807) is 19.1 Å². The number of rotatable bonds is 0. The lowest BCUT2D eigenvalue weighted by Gasteiger charge is -2.11. The topological polar surface area (TPSA) is 49.9 Å². The molecule has 1 aliphatic rings. The molecule has 1 heterocycles. The minimum Gasteiger partial charge on any atom is -0.622 e. The van der Waals surface area contributed by atoms with Crippen LogP contribution in [0.1, 0.15) is 6.92 Å². The Balaban J connectivity index is 2.99. The SMILES string of the molecule is CC1(C#N)C=CC=[N+]1[O-]. The van der Waals surface area contributed by atoms with E-state index in [9.17, 15) is 5.21 Å². The zero-order valence-corrected chi connectivity index (χ0v) is 5.03. The van der Waals surface area contributed by atoms with Crippen molar-refractivity contribution in [3.8, 4) is 6.07 Å². The predicted molar refractivity (Wildman–Crippen MR) is 32.8 cm³/mol. The van der Waals surface area contributed by atoms with E-state index < -0.39 is 5.54 Å². The van der Waals surface area contributed by atoms with Crippen LogP contribution in [0.2, 0.25) is 0 Å². The quantitative estimate of drug-likeness (QED) is 0.345. The summed E-state index contributed by atoms with van der Waals surface area (Å²) in [6.07, 6.45) is 4.49. The fourth-order valence-electron chi connectivity index (χ4n) is 0.623. The molecule has 0 aliphatic carbocycles. The van der Waals surface area contributed by atoms with Crippen LogP contribution in [0, 0.1) is 16.5 Å². The maximum Gasteiger partial charge on any atom is 0.274 e. The summed E-state index contributed by atoms with van der Waals surface area (Å²) >= 11 is 0. The van der Waals surface area contributed by atoms with Gasteiger partial charge in [0.25, 0.3) is 5.54 Å². The highest BCUT2D eigenvalue weighted by Crippen LogP contribution is 2.12. The van der Waals surface area contributed by atoms with Gasteiger partial charge in [0.1, 0.15) is 6.07 Å². The second-order valence-electron chi connectivity index (χ2n) is 2.09. The van der Waals surface area contributed by atoms with Crippen LogP contribution in [0.15, 0.2) is 12.2 Å². The Bertz CT molecular complexity index is 224. The van der Waals surface area contributed by atoms with Crippen molar-refractivity contribution in [1.82, 2.24) is 0 Å². The Hall–Kier alpha value is -1.30. The summed E-state index contributed by atoms with van der Waals surface area (Å²) in [5.74, 6) is 0. The van der Waals surface area contributed by atoms with Crippen LogP contribution in [0.3, 0.4) is 0 Å². The molecule has 0 saturated carbocycles. The highest BCUT2D eigenvalue weighted by atomic mass is 16.5. The highest BCUT2D eigenvalue weighted by Gasteiger charge is 2.31. The predicted octanol–water partition coefficient (Wildman–Crippen LogP) is 0.420. The summed E-state index contributed by atoms with van der Waals surface area (Å²) < 4.78 is 0.632. The summed E-state index contributed by atoms with van der Waals surface area (Å²) in [6.45, 7) is 1.57. The Morgan fingerprint density at radius 1 is 1.78 bits per heavy atom. The number of allylic oxidation sites excluding steroid dienone is 1. The molecule has 1 unspecified atom stereocenters. The van der Waals surface area contributed by atoms with Crippen molar-refractivity contribution >= 4 is 6.21 Å². The molecule has 0 spiro atoms. The first-order valence-corrected chi connectivity index (χ1v) is 2.59. The standard InChI is InChI=1S/C6H6N2O/c1-6(5-7)3-2-4-8(6)9/h2-4H,1H3. The van der Waals surface area contributed by atoms with E-state index in [-0.39, 0.29) is 0 Å². The third-order valence-electron chi connectivity index (χ3n) is 1.33. The van der Waals surface area contributed by atoms with Gasteiger partial charge in [-0.05, 0) is 0 Å². The minimum atomic E-state index is -0.958. The van der Waals surface area contributed by atoms with Crippen molar-refractivity contribution in [2.45, 2.75) is 12.5 Å². The largest absolute Gasteiger partial charge is 0.622 e. The van der Waals surface area contributed by atoms with Crippen LogP contribution < -0.4 is 0 Å². The maximum atomic E-state index is 10.7. The molecule has 0 fully saturated rings. The molecule has 0 aromatic rings. The van der Waals surface area contributed by atoms with E-state index in [4.69, 9.17) is 5.26 Å². The van der Waals surface area contributed by atoms with Crippen LogP contribution in [0.25, 0.3) is 0 Å². The van der Waals surface area contributed by atoms with Gasteiger partial charge in [0.05, 0.1) is 0 Å². The Morgan fingerprint density at radius 2 is 2.44 bits per heavy atom. The zero-order chi connectivity index (χ0) is 6.91. The van der Waals surface area contributed by atoms with Crippen molar-refractivity contribution in [1.29, 1.82) is 5.26 Å². The third-order valence-corrected chi connectivity index (χ3v) is 1.33. The number of hydrogen-bond acceptors (Lipinski definition) is 2. The van der Waals surface area contributed by atoms with Crippen molar-refractivity contribution in [3.05, 3.63) is 17.4 Å². The lowest BCUT2D eigenvalue weighted by Crippen LogP contribution is -2.28. The van der Waals surface area contributed by atoms with Crippen molar-refractivity contribution < 1.29 is 4.74 Å². The lowest BCUT2D eigenvalue weighted by molar-refractivity contribution is -0.503. The number of hydroxylamine groups is 1. The van der Waals surface area contributed by atoms with Gasteiger partial charge in [-0.25, -0.2) is 0 Å². The van der Waals surface area contributed by atoms with Crippen LogP contribution >= 0.6 is 0 Å². The minimum absolute atomic E-state index is 0.632. The fraction of sp³-hybridized carbons (Fsp3) is 0.333. The Kier molecular flexibility index (Phi) is 1.03. The fourth-order valence-corrected chi connectivity index (χ4v) is 0.623. The average molecular weight is 122 g/mol. The van der Waals surface area contributed by atoms with Crippen LogP contribution in [-0.4, -0.2) is 16.5 Å². The molecule has 0 amide bonds. The number of nitrogens with zero attached hydrogens (tertiary/aromatic N) is 2. The molecule has 9 heavy (non-hydrogen) atoms. The van der Waals surface area contributed by atoms with Gasteiger partial charge in [-0.2, -0.15) is 10.0 Å². The zero-order valence-electron chi connectivity index (χ0n) is 5.03. The van der Waals surface area contributed by atoms with Crippen molar-refractivity contribution in [2.75, 3.05) is 0 Å². The monoisotopic (exact) mass is 122 g/mol. The molecule has 0 N–H and O–H groups in total. The van der Waals surface area contributed by atoms with Gasteiger partial charge in [-0.3, -0.25) is 0 Å². The first kappa shape index (κ1) is 5.83. The molecule has 0 saturated heterocycles. The molecule has 1 rings (SSSR count). The Labute approximate surface area is 53.1 Å². The molecule has 46 valence electrons. The summed E-state index contributed by atoms with van der Waals surface area (Å²) in [5, 5.41) is 19.1. The van der Waals surface area contributed by atoms with Crippen molar-refractivity contribution in [3.63, 3.8) is 0 Å². The molecule has 1 aliphatic heterocycles. The first-order chi connectivity index (χ1) is 4.19. The molecule has 3 heteroatoms. The van der Waals surface area contributed by atoms with Crippen LogP contribution in [0.4, 0.5) is 0 Å². The van der Waals surface area contributed by atoms with E-state index >= 15 is 0 Å². The van der Waals surface area contributed by atoms with Gasteiger partial charge in [0.2, 0.25) is 0 Å². The smallest absolute Gasteiger partial charge is 0.274 e. The van der Waals surface area contributed by atoms with E-state index in [2.05, 4.69) is 0 Å². The summed E-state index contributed by atoms with van der Waals surface area (Å²) in [5.41, 5.74) is -0.958. The van der Waals surface area contributed by atoms with Gasteiger partial charge < -0.3 is 5.21 Å². The first-order valence-electron chi connectivity index (χ1n) is 2.59. The number of hydrogen-bond donors (Lipinski definition) is 0. The molecule has 3 nitrogen and oxygen atoms in total. The van der Waals surface area contributed by atoms with Gasteiger partial charge >= 0.3 is 0 Å². The second-order valence-corrected chi connectivity index (χ2v) is 2.09. The molecule has 0 aromatic carbocycles. The van der Waals surface area contributed by atoms with E-state index in [1.807, 2.05) is 6.07 Å². The molecular formula is C6H6N2O. The third kappa shape index (κ3) is 0.685. The average Bonchev–Trinajstić information content (AvgIpc) is 2.15. The lowest BCUT2D eigenvalue weighted by atomic mass is 10.1. The van der Waals surface area contributed by atoms with E-state index in [0.29, 0.717) is 4.74 Å². The summed E-state index contributed by atoms with van der Waals surface area (Å²) in [4.78, 5) is 0. The van der Waals surface area contributed by atoms with Gasteiger partial charge in [0, 0.05) is 19.1 Å². The number of nitriles is 1. The van der Waals surface area contributed by atoms with Gasteiger partial charge in [-0.15, -0.1) is 0 Å². The Morgan fingerprint density at radius 3 is 2.67 bits per heavy atom. The molecular weight excluding hydrogens is 116 g/mol. The van der Waals surface area contributed by atoms with Crippen LogP contribution in [-0.2, 0) is 0 Å². The summed E-state index contributed by atoms with van der Waals surface area (Å²) in [6, 6.07) is 1.89. The normalized spacial score (nSPS) is 31.8. The highest BCUT2D eigenvalue weighted by molar-refractivity contribution is 5.69. The van der Waals surface area contributed by atoms with Gasteiger partial charge in [0.15, 0.2) is 6.21 Å². The van der Waals surface area contributed by atoms with E-state index in [1.165, 1.54) is 6.21 Å². The van der Waals surface area contributed by atoms with Gasteiger partial charge in [-0.1, -0.05) is 0 Å². The van der Waals surface area contributed by atoms with Crippen molar-refractivity contribution in [2.24, 2.45) is 0 Å². The maximum absolute atomic E-state index is 10.7. The summed E-state index contributed by atoms with van der Waals surface area (Å²) in [7, 11) is 0. The second kappa shape index (κ2) is 1.59. The van der Waals surface area contributed by atoms with Crippen LogP contribution in [0.5, 0.6) is 0 Å². The molecule has 0 bridgehead atoms. The molecule has 0 aromatic heterocycles. The molecule has 1 atom stereocenters. The molecule has 0 radical (unpaired) electrons. The van der Waals surface area contributed by atoms with E-state index in [0.717, 1.165) is 0 Å².